The molecular formula is C13H15F5N2O. The van der Waals surface area contributed by atoms with Crippen molar-refractivity contribution in [3.05, 3.63) is 24.3 Å². The fraction of sp³-hybridized carbons (Fsp3) is 0.538. The van der Waals surface area contributed by atoms with Crippen LogP contribution in [0.3, 0.4) is 0 Å². The van der Waals surface area contributed by atoms with Crippen LogP contribution in [-0.2, 0) is 0 Å². The Balaban J connectivity index is 1.93. The maximum Gasteiger partial charge on any atom is 0.456 e. The highest BCUT2D eigenvalue weighted by atomic mass is 19.4. The van der Waals surface area contributed by atoms with Gasteiger partial charge in [-0.25, -0.2) is 0 Å². The number of anilines is 1. The van der Waals surface area contributed by atoms with Crippen LogP contribution < -0.4 is 15.0 Å². The number of nitrogens with zero attached hydrogens (tertiary/aromatic N) is 1. The number of halogens is 5. The van der Waals surface area contributed by atoms with E-state index in [1.54, 1.807) is 12.1 Å². The smallest absolute Gasteiger partial charge is 0.456 e. The van der Waals surface area contributed by atoms with Crippen LogP contribution >= 0.6 is 0 Å². The van der Waals surface area contributed by atoms with Gasteiger partial charge in [-0.05, 0) is 24.3 Å². The number of piperazine rings is 1. The topological polar surface area (TPSA) is 24.5 Å². The number of nitrogens with one attached hydrogen (secondary N) is 1. The zero-order chi connectivity index (χ0) is 15.5. The van der Waals surface area contributed by atoms with Gasteiger partial charge >= 0.3 is 12.1 Å². The van der Waals surface area contributed by atoms with E-state index in [4.69, 9.17) is 0 Å². The molecule has 0 radical (unpaired) electrons. The maximum atomic E-state index is 12.7. The van der Waals surface area contributed by atoms with E-state index in [9.17, 15) is 22.0 Å². The van der Waals surface area contributed by atoms with Gasteiger partial charge in [0.05, 0.1) is 0 Å². The summed E-state index contributed by atoms with van der Waals surface area (Å²) in [7, 11) is 0. The minimum atomic E-state index is -5.60. The fourth-order valence-electron chi connectivity index (χ4n) is 1.93. The highest BCUT2D eigenvalue weighted by Crippen LogP contribution is 2.35. The van der Waals surface area contributed by atoms with E-state index in [2.05, 4.69) is 15.0 Å². The molecule has 0 atom stereocenters. The van der Waals surface area contributed by atoms with E-state index < -0.39 is 18.7 Å². The number of ether oxygens (including phenoxy) is 1. The summed E-state index contributed by atoms with van der Waals surface area (Å²) in [5.74, 6) is -4.87. The fourth-order valence-corrected chi connectivity index (χ4v) is 1.93. The van der Waals surface area contributed by atoms with Gasteiger partial charge in [-0.15, -0.1) is 0 Å². The Bertz CT molecular complexity index is 455. The molecule has 1 fully saturated rings. The minimum absolute atomic E-state index is 0.0159. The summed E-state index contributed by atoms with van der Waals surface area (Å²) < 4.78 is 66.0. The van der Waals surface area contributed by atoms with Crippen molar-refractivity contribution in [3.8, 4) is 5.75 Å². The van der Waals surface area contributed by atoms with Gasteiger partial charge in [-0.2, -0.15) is 22.0 Å². The Morgan fingerprint density at radius 2 is 1.57 bits per heavy atom. The average Bonchev–Trinajstić information content (AvgIpc) is 2.45. The molecule has 1 heterocycles. The first-order valence-electron chi connectivity index (χ1n) is 6.43. The van der Waals surface area contributed by atoms with E-state index in [1.807, 2.05) is 0 Å². The summed E-state index contributed by atoms with van der Waals surface area (Å²) in [6.07, 6.45) is -5.60. The van der Waals surface area contributed by atoms with E-state index >= 15 is 0 Å². The molecule has 8 heteroatoms. The molecule has 1 aliphatic heterocycles. The van der Waals surface area contributed by atoms with E-state index in [0.717, 1.165) is 31.9 Å². The lowest BCUT2D eigenvalue weighted by molar-refractivity contribution is -0.290. The third-order valence-corrected chi connectivity index (χ3v) is 3.15. The van der Waals surface area contributed by atoms with Crippen LogP contribution in [0.4, 0.5) is 27.6 Å². The standard InChI is InChI=1S/C13H15F5N2O/c14-12(15,13(16,17)18)9-21-11-3-1-10(2-4-11)20-7-5-19-6-8-20/h1-4,19H,5-9H2. The molecule has 0 unspecified atom stereocenters. The maximum absolute atomic E-state index is 12.7. The van der Waals surface area contributed by atoms with Crippen LogP contribution in [0.2, 0.25) is 0 Å². The highest BCUT2D eigenvalue weighted by Gasteiger charge is 2.58. The number of hydrogen-bond acceptors (Lipinski definition) is 3. The monoisotopic (exact) mass is 310 g/mol. The Kier molecular flexibility index (Phi) is 4.55. The van der Waals surface area contributed by atoms with Crippen molar-refractivity contribution in [2.24, 2.45) is 0 Å². The minimum Gasteiger partial charge on any atom is -0.487 e. The first-order valence-corrected chi connectivity index (χ1v) is 6.43. The molecule has 2 rings (SSSR count). The molecule has 1 saturated heterocycles. The Labute approximate surface area is 118 Å². The first kappa shape index (κ1) is 15.8. The van der Waals surface area contributed by atoms with Gasteiger partial charge in [-0.1, -0.05) is 0 Å². The molecule has 3 nitrogen and oxygen atoms in total. The summed E-state index contributed by atoms with van der Waals surface area (Å²) in [6, 6.07) is 6.08. The second kappa shape index (κ2) is 6.05. The molecule has 0 spiro atoms. The van der Waals surface area contributed by atoms with E-state index in [0.29, 0.717) is 0 Å². The number of benzene rings is 1. The predicted molar refractivity (Wildman–Crippen MR) is 68.0 cm³/mol. The van der Waals surface area contributed by atoms with Crippen LogP contribution in [0.25, 0.3) is 0 Å². The highest BCUT2D eigenvalue weighted by molar-refractivity contribution is 5.49. The second-order valence-corrected chi connectivity index (χ2v) is 4.72. The number of rotatable bonds is 4. The van der Waals surface area contributed by atoms with Crippen molar-refractivity contribution in [3.63, 3.8) is 0 Å². The molecule has 118 valence electrons. The summed E-state index contributed by atoms with van der Waals surface area (Å²) in [4.78, 5) is 2.09. The molecule has 0 saturated carbocycles. The quantitative estimate of drug-likeness (QED) is 0.866. The van der Waals surface area contributed by atoms with Crippen LogP contribution in [0.15, 0.2) is 24.3 Å². The van der Waals surface area contributed by atoms with Gasteiger partial charge in [-0.3, -0.25) is 0 Å². The second-order valence-electron chi connectivity index (χ2n) is 4.72. The summed E-state index contributed by atoms with van der Waals surface area (Å²) >= 11 is 0. The van der Waals surface area contributed by atoms with E-state index in [1.165, 1.54) is 12.1 Å². The van der Waals surface area contributed by atoms with Crippen LogP contribution in [-0.4, -0.2) is 44.9 Å². The lowest BCUT2D eigenvalue weighted by Crippen LogP contribution is -2.43. The van der Waals surface area contributed by atoms with Gasteiger partial charge in [0.2, 0.25) is 0 Å². The Morgan fingerprint density at radius 3 is 2.10 bits per heavy atom. The largest absolute Gasteiger partial charge is 0.487 e. The Morgan fingerprint density at radius 1 is 1.00 bits per heavy atom. The molecule has 0 aliphatic carbocycles. The molecular weight excluding hydrogens is 295 g/mol. The molecule has 0 aromatic heterocycles. The molecule has 1 aromatic rings. The third-order valence-electron chi connectivity index (χ3n) is 3.15. The zero-order valence-electron chi connectivity index (χ0n) is 11.1. The van der Waals surface area contributed by atoms with Gasteiger partial charge < -0.3 is 15.0 Å². The molecule has 0 bridgehead atoms. The average molecular weight is 310 g/mol. The lowest BCUT2D eigenvalue weighted by Gasteiger charge is -2.29. The molecule has 1 N–H and O–H groups in total. The molecule has 1 aliphatic rings. The van der Waals surface area contributed by atoms with Crippen molar-refractivity contribution in [1.29, 1.82) is 0 Å². The zero-order valence-corrected chi connectivity index (χ0v) is 11.1. The van der Waals surface area contributed by atoms with Crippen molar-refractivity contribution in [2.45, 2.75) is 12.1 Å². The van der Waals surface area contributed by atoms with Gasteiger partial charge in [0, 0.05) is 31.9 Å². The van der Waals surface area contributed by atoms with Crippen LogP contribution in [0.1, 0.15) is 0 Å². The predicted octanol–water partition coefficient (Wildman–Crippen LogP) is 2.67. The number of hydrogen-bond donors (Lipinski definition) is 1. The van der Waals surface area contributed by atoms with Crippen molar-refractivity contribution >= 4 is 5.69 Å². The molecule has 1 aromatic carbocycles. The molecule has 0 amide bonds. The third kappa shape index (κ3) is 3.96. The van der Waals surface area contributed by atoms with Crippen molar-refractivity contribution < 1.29 is 26.7 Å². The van der Waals surface area contributed by atoms with Gasteiger partial charge in [0.1, 0.15) is 5.75 Å². The Hall–Kier alpha value is -1.57. The van der Waals surface area contributed by atoms with Crippen LogP contribution in [0, 0.1) is 0 Å². The van der Waals surface area contributed by atoms with Gasteiger partial charge in [0.25, 0.3) is 0 Å². The summed E-state index contributed by atoms with van der Waals surface area (Å²) in [5, 5.41) is 3.19. The first-order chi connectivity index (χ1) is 9.79. The van der Waals surface area contributed by atoms with Crippen LogP contribution in [0.5, 0.6) is 5.75 Å². The summed E-state index contributed by atoms with van der Waals surface area (Å²) in [5.41, 5.74) is 0.881. The normalized spacial score (nSPS) is 16.9. The van der Waals surface area contributed by atoms with Crippen molar-refractivity contribution in [1.82, 2.24) is 5.32 Å². The van der Waals surface area contributed by atoms with Gasteiger partial charge in [0.15, 0.2) is 6.61 Å². The molecule has 21 heavy (non-hydrogen) atoms. The SMILES string of the molecule is FC(F)(F)C(F)(F)COc1ccc(N2CCNCC2)cc1. The van der Waals surface area contributed by atoms with E-state index in [-0.39, 0.29) is 5.75 Å². The lowest BCUT2D eigenvalue weighted by atomic mass is 10.2. The summed E-state index contributed by atoms with van der Waals surface area (Å²) in [6.45, 7) is 1.59. The van der Waals surface area contributed by atoms with Crippen molar-refractivity contribution in [2.75, 3.05) is 37.7 Å². The number of alkyl halides is 5.